The molecule has 1 aromatic rings. The topological polar surface area (TPSA) is 62.7 Å². The fraction of sp³-hybridized carbons (Fsp3) is 0.706. The van der Waals surface area contributed by atoms with Crippen molar-refractivity contribution in [2.75, 3.05) is 6.54 Å². The number of nitrogens with one attached hydrogen (secondary N) is 2. The van der Waals surface area contributed by atoms with Crippen molar-refractivity contribution in [1.82, 2.24) is 20.1 Å². The molecule has 0 saturated heterocycles. The molecule has 5 nitrogen and oxygen atoms in total. The van der Waals surface area contributed by atoms with Crippen LogP contribution in [0.3, 0.4) is 0 Å². The Morgan fingerprint density at radius 3 is 2.78 bits per heavy atom. The molecule has 2 fully saturated rings. The Kier molecular flexibility index (Phi) is 4.21. The van der Waals surface area contributed by atoms with E-state index in [4.69, 9.17) is 12.2 Å². The molecule has 23 heavy (non-hydrogen) atoms. The van der Waals surface area contributed by atoms with Crippen LogP contribution in [0.2, 0.25) is 0 Å². The Morgan fingerprint density at radius 1 is 1.48 bits per heavy atom. The van der Waals surface area contributed by atoms with Gasteiger partial charge in [-0.1, -0.05) is 25.5 Å². The monoisotopic (exact) mass is 334 g/mol. The molecular weight excluding hydrogens is 308 g/mol. The molecule has 2 unspecified atom stereocenters. The van der Waals surface area contributed by atoms with Crippen LogP contribution >= 0.6 is 12.2 Å². The molecule has 0 radical (unpaired) electrons. The Labute approximate surface area is 142 Å². The Balaban J connectivity index is 1.56. The summed E-state index contributed by atoms with van der Waals surface area (Å²) in [4.78, 5) is 12.5. The second-order valence-electron chi connectivity index (χ2n) is 7.67. The van der Waals surface area contributed by atoms with Gasteiger partial charge in [-0.2, -0.15) is 5.10 Å². The Morgan fingerprint density at radius 2 is 2.17 bits per heavy atom. The average molecular weight is 334 g/mol. The molecule has 0 aliphatic heterocycles. The molecule has 6 heteroatoms. The molecule has 3 rings (SSSR count). The van der Waals surface area contributed by atoms with E-state index in [1.165, 1.54) is 18.4 Å². The van der Waals surface area contributed by atoms with Crippen molar-refractivity contribution in [3.8, 4) is 0 Å². The van der Waals surface area contributed by atoms with Crippen molar-refractivity contribution in [3.05, 3.63) is 22.2 Å². The van der Waals surface area contributed by atoms with E-state index in [1.54, 1.807) is 0 Å². The van der Waals surface area contributed by atoms with Crippen LogP contribution in [0.1, 0.15) is 52.3 Å². The van der Waals surface area contributed by atoms with E-state index in [1.807, 2.05) is 4.57 Å². The molecule has 2 atom stereocenters. The highest BCUT2D eigenvalue weighted by molar-refractivity contribution is 7.71. The standard InChI is InChI=1S/C17H26N4OS/c1-10(2)9-12-13(17(12,3)4)15(22)18-7-8-21-14(11-5-6-11)19-20-16(21)23/h9,11-13H,5-8H2,1-4H3,(H,18,22)(H,20,23). The molecule has 2 aliphatic rings. The number of amides is 1. The van der Waals surface area contributed by atoms with Gasteiger partial charge in [0, 0.05) is 19.0 Å². The largest absolute Gasteiger partial charge is 0.354 e. The first-order chi connectivity index (χ1) is 10.8. The van der Waals surface area contributed by atoms with Gasteiger partial charge in [0.1, 0.15) is 5.82 Å². The van der Waals surface area contributed by atoms with Crippen LogP contribution < -0.4 is 5.32 Å². The van der Waals surface area contributed by atoms with Crippen LogP contribution in [0.25, 0.3) is 0 Å². The minimum absolute atomic E-state index is 0.0620. The predicted molar refractivity (Wildman–Crippen MR) is 92.6 cm³/mol. The minimum atomic E-state index is 0.0620. The number of hydrogen-bond donors (Lipinski definition) is 2. The summed E-state index contributed by atoms with van der Waals surface area (Å²) in [6, 6.07) is 0. The Hall–Kier alpha value is -1.43. The van der Waals surface area contributed by atoms with Crippen LogP contribution in [-0.4, -0.2) is 27.2 Å². The maximum absolute atomic E-state index is 12.5. The van der Waals surface area contributed by atoms with E-state index in [-0.39, 0.29) is 17.2 Å². The van der Waals surface area contributed by atoms with E-state index in [9.17, 15) is 4.79 Å². The van der Waals surface area contributed by atoms with Gasteiger partial charge < -0.3 is 9.88 Å². The number of hydrogen-bond acceptors (Lipinski definition) is 3. The van der Waals surface area contributed by atoms with Gasteiger partial charge in [0.15, 0.2) is 4.77 Å². The highest BCUT2D eigenvalue weighted by Crippen LogP contribution is 2.59. The molecule has 1 heterocycles. The summed E-state index contributed by atoms with van der Waals surface area (Å²) >= 11 is 5.29. The van der Waals surface area contributed by atoms with E-state index in [2.05, 4.69) is 49.3 Å². The van der Waals surface area contributed by atoms with Gasteiger partial charge >= 0.3 is 0 Å². The normalized spacial score (nSPS) is 25.0. The van der Waals surface area contributed by atoms with Crippen LogP contribution in [0.15, 0.2) is 11.6 Å². The third-order valence-corrected chi connectivity index (χ3v) is 5.38. The zero-order valence-electron chi connectivity index (χ0n) is 14.3. The number of carbonyl (C=O) groups is 1. The zero-order valence-corrected chi connectivity index (χ0v) is 15.2. The van der Waals surface area contributed by atoms with Gasteiger partial charge in [0.2, 0.25) is 5.91 Å². The summed E-state index contributed by atoms with van der Waals surface area (Å²) in [7, 11) is 0. The summed E-state index contributed by atoms with van der Waals surface area (Å²) < 4.78 is 2.68. The zero-order chi connectivity index (χ0) is 16.8. The first-order valence-electron chi connectivity index (χ1n) is 8.40. The fourth-order valence-electron chi connectivity index (χ4n) is 3.45. The average Bonchev–Trinajstić information content (AvgIpc) is 3.33. The number of aromatic nitrogens is 3. The molecule has 126 valence electrons. The third-order valence-electron chi connectivity index (χ3n) is 5.07. The summed E-state index contributed by atoms with van der Waals surface area (Å²) in [5.74, 6) is 2.17. The molecule has 0 spiro atoms. The quantitative estimate of drug-likeness (QED) is 0.620. The van der Waals surface area contributed by atoms with Crippen molar-refractivity contribution >= 4 is 18.1 Å². The Bertz CT molecular complexity index is 692. The molecule has 0 aromatic carbocycles. The van der Waals surface area contributed by atoms with Gasteiger partial charge in [-0.25, -0.2) is 0 Å². The minimum Gasteiger partial charge on any atom is -0.354 e. The van der Waals surface area contributed by atoms with E-state index < -0.39 is 0 Å². The van der Waals surface area contributed by atoms with Crippen LogP contribution in [0, 0.1) is 22.0 Å². The van der Waals surface area contributed by atoms with E-state index >= 15 is 0 Å². The van der Waals surface area contributed by atoms with Crippen molar-refractivity contribution < 1.29 is 4.79 Å². The third kappa shape index (κ3) is 3.27. The van der Waals surface area contributed by atoms with Crippen molar-refractivity contribution in [2.24, 2.45) is 17.3 Å². The molecule has 1 aromatic heterocycles. The SMILES string of the molecule is CC(C)=CC1C(C(=O)NCCn2c(C3CC3)n[nH]c2=S)C1(C)C. The maximum atomic E-state index is 12.5. The van der Waals surface area contributed by atoms with Crippen molar-refractivity contribution in [1.29, 1.82) is 0 Å². The summed E-state index contributed by atoms with van der Waals surface area (Å²) in [5.41, 5.74) is 1.34. The van der Waals surface area contributed by atoms with Gasteiger partial charge in [-0.15, -0.1) is 0 Å². The highest BCUT2D eigenvalue weighted by Gasteiger charge is 2.60. The van der Waals surface area contributed by atoms with Crippen molar-refractivity contribution in [3.63, 3.8) is 0 Å². The maximum Gasteiger partial charge on any atom is 0.224 e. The lowest BCUT2D eigenvalue weighted by atomic mass is 10.1. The summed E-state index contributed by atoms with van der Waals surface area (Å²) in [6.45, 7) is 9.79. The number of carbonyl (C=O) groups excluding carboxylic acids is 1. The van der Waals surface area contributed by atoms with Gasteiger partial charge in [-0.3, -0.25) is 9.89 Å². The fourth-order valence-corrected chi connectivity index (χ4v) is 3.68. The molecule has 0 bridgehead atoms. The lowest BCUT2D eigenvalue weighted by Gasteiger charge is -2.08. The summed E-state index contributed by atoms with van der Waals surface area (Å²) in [6.07, 6.45) is 4.60. The summed E-state index contributed by atoms with van der Waals surface area (Å²) in [5, 5.41) is 10.3. The second-order valence-corrected chi connectivity index (χ2v) is 8.06. The smallest absolute Gasteiger partial charge is 0.224 e. The van der Waals surface area contributed by atoms with E-state index in [0.717, 1.165) is 5.82 Å². The van der Waals surface area contributed by atoms with Gasteiger partial charge in [0.05, 0.1) is 5.92 Å². The van der Waals surface area contributed by atoms with Crippen LogP contribution in [0.4, 0.5) is 0 Å². The van der Waals surface area contributed by atoms with Crippen LogP contribution in [-0.2, 0) is 11.3 Å². The van der Waals surface area contributed by atoms with Crippen molar-refractivity contribution in [2.45, 2.75) is 53.0 Å². The number of allylic oxidation sites excluding steroid dienone is 2. The first kappa shape index (κ1) is 16.4. The van der Waals surface area contributed by atoms with Gasteiger partial charge in [-0.05, 0) is 50.2 Å². The van der Waals surface area contributed by atoms with Crippen LogP contribution in [0.5, 0.6) is 0 Å². The molecule has 2 N–H and O–H groups in total. The molecule has 1 amide bonds. The number of rotatable bonds is 6. The van der Waals surface area contributed by atoms with E-state index in [0.29, 0.717) is 29.7 Å². The first-order valence-corrected chi connectivity index (χ1v) is 8.81. The number of nitrogens with zero attached hydrogens (tertiary/aromatic N) is 2. The highest BCUT2D eigenvalue weighted by atomic mass is 32.1. The van der Waals surface area contributed by atoms with Gasteiger partial charge in [0.25, 0.3) is 0 Å². The molecule has 2 aliphatic carbocycles. The number of H-pyrrole nitrogens is 1. The molecular formula is C17H26N4OS. The predicted octanol–water partition coefficient (Wildman–Crippen LogP) is 3.17. The second kappa shape index (κ2) is 5.89. The number of aromatic amines is 1. The lowest BCUT2D eigenvalue weighted by molar-refractivity contribution is -0.123. The lowest BCUT2D eigenvalue weighted by Crippen LogP contribution is -2.30. The molecule has 2 saturated carbocycles.